The lowest BCUT2D eigenvalue weighted by molar-refractivity contribution is 0.339. The molecule has 0 bridgehead atoms. The predicted molar refractivity (Wildman–Crippen MR) is 62.8 cm³/mol. The highest BCUT2D eigenvalue weighted by Gasteiger charge is 2.12. The number of aromatic nitrogens is 2. The molecule has 5 heteroatoms. The Hall–Kier alpha value is -0.550. The van der Waals surface area contributed by atoms with E-state index in [0.29, 0.717) is 11.1 Å². The smallest absolute Gasteiger partial charge is 0.243 e. The number of hydrogen-bond donors (Lipinski definition) is 1. The maximum absolute atomic E-state index is 5.17. The van der Waals surface area contributed by atoms with Gasteiger partial charge in [-0.15, -0.1) is 0 Å². The lowest BCUT2D eigenvalue weighted by atomic mass is 10.3. The molecular formula is C10H19N3OS. The number of nitrogens with zero attached hydrogens (tertiary/aromatic N) is 2. The lowest BCUT2D eigenvalue weighted by Gasteiger charge is -2.05. The zero-order valence-corrected chi connectivity index (χ0v) is 10.6. The van der Waals surface area contributed by atoms with E-state index in [4.69, 9.17) is 4.52 Å². The van der Waals surface area contributed by atoms with Crippen LogP contribution in [0.3, 0.4) is 0 Å². The summed E-state index contributed by atoms with van der Waals surface area (Å²) in [7, 11) is 0. The Kier molecular flexibility index (Phi) is 5.11. The SMILES string of the molecule is CCNC(C)c1nc(CSC(C)C)no1. The summed E-state index contributed by atoms with van der Waals surface area (Å²) in [6.07, 6.45) is 0. The predicted octanol–water partition coefficient (Wildman–Crippen LogP) is 2.38. The molecule has 1 rings (SSSR count). The lowest BCUT2D eigenvalue weighted by Crippen LogP contribution is -2.17. The van der Waals surface area contributed by atoms with Gasteiger partial charge in [0.05, 0.1) is 11.8 Å². The van der Waals surface area contributed by atoms with Crippen molar-refractivity contribution in [3.8, 4) is 0 Å². The Morgan fingerprint density at radius 1 is 1.40 bits per heavy atom. The molecule has 0 saturated heterocycles. The Morgan fingerprint density at radius 3 is 2.73 bits per heavy atom. The van der Waals surface area contributed by atoms with E-state index >= 15 is 0 Å². The first-order valence-corrected chi connectivity index (χ1v) is 6.35. The minimum Gasteiger partial charge on any atom is -0.338 e. The number of nitrogens with one attached hydrogen (secondary N) is 1. The third-order valence-electron chi connectivity index (χ3n) is 1.91. The Morgan fingerprint density at radius 2 is 2.13 bits per heavy atom. The van der Waals surface area contributed by atoms with Gasteiger partial charge in [-0.05, 0) is 18.7 Å². The molecule has 0 aliphatic heterocycles. The molecule has 1 heterocycles. The first-order valence-electron chi connectivity index (χ1n) is 5.31. The third-order valence-corrected chi connectivity index (χ3v) is 3.00. The van der Waals surface area contributed by atoms with Crippen LogP contribution in [0.25, 0.3) is 0 Å². The van der Waals surface area contributed by atoms with Crippen LogP contribution in [0, 0.1) is 0 Å². The number of hydrogen-bond acceptors (Lipinski definition) is 5. The van der Waals surface area contributed by atoms with E-state index in [2.05, 4.69) is 36.2 Å². The van der Waals surface area contributed by atoms with Crippen molar-refractivity contribution in [3.05, 3.63) is 11.7 Å². The van der Waals surface area contributed by atoms with Crippen LogP contribution >= 0.6 is 11.8 Å². The van der Waals surface area contributed by atoms with Crippen LogP contribution in [-0.2, 0) is 5.75 Å². The van der Waals surface area contributed by atoms with E-state index in [1.807, 2.05) is 18.7 Å². The van der Waals surface area contributed by atoms with Gasteiger partial charge in [-0.25, -0.2) is 0 Å². The van der Waals surface area contributed by atoms with Gasteiger partial charge in [0.25, 0.3) is 0 Å². The third kappa shape index (κ3) is 4.22. The van der Waals surface area contributed by atoms with Crippen LogP contribution in [0.1, 0.15) is 45.5 Å². The molecule has 0 aliphatic carbocycles. The highest BCUT2D eigenvalue weighted by molar-refractivity contribution is 7.99. The molecule has 1 aromatic rings. The van der Waals surface area contributed by atoms with Gasteiger partial charge in [0.15, 0.2) is 5.82 Å². The molecule has 1 atom stereocenters. The monoisotopic (exact) mass is 229 g/mol. The minimum absolute atomic E-state index is 0.139. The molecule has 1 unspecified atom stereocenters. The first kappa shape index (κ1) is 12.5. The van der Waals surface area contributed by atoms with Crippen LogP contribution in [-0.4, -0.2) is 21.9 Å². The van der Waals surface area contributed by atoms with Crippen molar-refractivity contribution >= 4 is 11.8 Å². The van der Waals surface area contributed by atoms with Crippen molar-refractivity contribution in [1.29, 1.82) is 0 Å². The molecule has 0 fully saturated rings. The molecule has 0 aromatic carbocycles. The average Bonchev–Trinajstić information content (AvgIpc) is 2.63. The van der Waals surface area contributed by atoms with Gasteiger partial charge < -0.3 is 9.84 Å². The summed E-state index contributed by atoms with van der Waals surface area (Å²) in [6, 6.07) is 0.139. The van der Waals surface area contributed by atoms with Crippen LogP contribution in [0.5, 0.6) is 0 Å². The molecule has 15 heavy (non-hydrogen) atoms. The van der Waals surface area contributed by atoms with Gasteiger partial charge in [-0.3, -0.25) is 0 Å². The highest BCUT2D eigenvalue weighted by Crippen LogP contribution is 2.16. The van der Waals surface area contributed by atoms with Crippen LogP contribution < -0.4 is 5.32 Å². The largest absolute Gasteiger partial charge is 0.338 e. The molecule has 0 aliphatic rings. The van der Waals surface area contributed by atoms with Crippen molar-refractivity contribution in [2.75, 3.05) is 6.54 Å². The van der Waals surface area contributed by atoms with Crippen molar-refractivity contribution in [1.82, 2.24) is 15.5 Å². The topological polar surface area (TPSA) is 51.0 Å². The van der Waals surface area contributed by atoms with Crippen LogP contribution in [0.4, 0.5) is 0 Å². The summed E-state index contributed by atoms with van der Waals surface area (Å²) in [5.74, 6) is 2.28. The number of rotatable bonds is 6. The zero-order valence-electron chi connectivity index (χ0n) is 9.78. The fourth-order valence-corrected chi connectivity index (χ4v) is 1.74. The standard InChI is InChI=1S/C10H19N3OS/c1-5-11-8(4)10-12-9(13-14-10)6-15-7(2)3/h7-8,11H,5-6H2,1-4H3. The molecule has 4 nitrogen and oxygen atoms in total. The molecule has 0 spiro atoms. The highest BCUT2D eigenvalue weighted by atomic mass is 32.2. The summed E-state index contributed by atoms with van der Waals surface area (Å²) >= 11 is 1.82. The van der Waals surface area contributed by atoms with Crippen molar-refractivity contribution in [2.24, 2.45) is 0 Å². The summed E-state index contributed by atoms with van der Waals surface area (Å²) < 4.78 is 5.17. The van der Waals surface area contributed by atoms with Gasteiger partial charge >= 0.3 is 0 Å². The van der Waals surface area contributed by atoms with Gasteiger partial charge in [-0.2, -0.15) is 16.7 Å². The van der Waals surface area contributed by atoms with Gasteiger partial charge in [0, 0.05) is 0 Å². The second-order valence-corrected chi connectivity index (χ2v) is 5.25. The second kappa shape index (κ2) is 6.12. The summed E-state index contributed by atoms with van der Waals surface area (Å²) in [5.41, 5.74) is 0. The molecule has 1 N–H and O–H groups in total. The Labute approximate surface area is 95.2 Å². The fourth-order valence-electron chi connectivity index (χ4n) is 1.14. The maximum atomic E-state index is 5.17. The van der Waals surface area contributed by atoms with Gasteiger partial charge in [0.2, 0.25) is 5.89 Å². The fraction of sp³-hybridized carbons (Fsp3) is 0.800. The van der Waals surface area contributed by atoms with Gasteiger partial charge in [-0.1, -0.05) is 25.9 Å². The Balaban J connectivity index is 2.48. The average molecular weight is 229 g/mol. The molecule has 86 valence electrons. The zero-order chi connectivity index (χ0) is 11.3. The number of thioether (sulfide) groups is 1. The summed E-state index contributed by atoms with van der Waals surface area (Å²) in [4.78, 5) is 4.34. The molecule has 0 radical (unpaired) electrons. The maximum Gasteiger partial charge on any atom is 0.243 e. The molecular weight excluding hydrogens is 210 g/mol. The van der Waals surface area contributed by atoms with E-state index in [1.165, 1.54) is 0 Å². The van der Waals surface area contributed by atoms with Crippen LogP contribution in [0.2, 0.25) is 0 Å². The van der Waals surface area contributed by atoms with Gasteiger partial charge in [0.1, 0.15) is 0 Å². The Bertz CT molecular complexity index is 288. The second-order valence-electron chi connectivity index (χ2n) is 3.69. The molecule has 0 amide bonds. The normalized spacial score (nSPS) is 13.4. The molecule has 0 saturated carbocycles. The van der Waals surface area contributed by atoms with E-state index in [-0.39, 0.29) is 6.04 Å². The first-order chi connectivity index (χ1) is 7.13. The summed E-state index contributed by atoms with van der Waals surface area (Å²) in [5, 5.41) is 7.78. The molecule has 1 aromatic heterocycles. The van der Waals surface area contributed by atoms with E-state index in [9.17, 15) is 0 Å². The van der Waals surface area contributed by atoms with E-state index in [0.717, 1.165) is 18.1 Å². The van der Waals surface area contributed by atoms with Crippen molar-refractivity contribution < 1.29 is 4.52 Å². The van der Waals surface area contributed by atoms with E-state index < -0.39 is 0 Å². The van der Waals surface area contributed by atoms with E-state index in [1.54, 1.807) is 0 Å². The summed E-state index contributed by atoms with van der Waals surface area (Å²) in [6.45, 7) is 9.30. The van der Waals surface area contributed by atoms with Crippen molar-refractivity contribution in [3.63, 3.8) is 0 Å². The quantitative estimate of drug-likeness (QED) is 0.811. The van der Waals surface area contributed by atoms with Crippen LogP contribution in [0.15, 0.2) is 4.52 Å². The van der Waals surface area contributed by atoms with Crippen molar-refractivity contribution in [2.45, 2.75) is 44.7 Å². The minimum atomic E-state index is 0.139.